The number of fused-ring (bicyclic) bond motifs is 2. The van der Waals surface area contributed by atoms with Crippen LogP contribution in [-0.4, -0.2) is 85.7 Å². The van der Waals surface area contributed by atoms with E-state index in [1.807, 2.05) is 0 Å². The lowest BCUT2D eigenvalue weighted by Gasteiger charge is -2.47. The SMILES string of the molecule is COC(=O)C1CC2COCC(C1)N2C(=O)c1cc(-c2cc(OC)ncc2F)n(COCC[Si](C)(C)C)n1. The van der Waals surface area contributed by atoms with Gasteiger partial charge in [0.05, 0.1) is 57.3 Å². The van der Waals surface area contributed by atoms with Crippen molar-refractivity contribution in [3.8, 4) is 17.1 Å². The second-order valence-corrected chi connectivity index (χ2v) is 16.3. The van der Waals surface area contributed by atoms with E-state index in [2.05, 4.69) is 29.7 Å². The molecule has 2 saturated heterocycles. The number of aromatic nitrogens is 3. The van der Waals surface area contributed by atoms with E-state index in [-0.39, 0.29) is 53.7 Å². The molecule has 2 bridgehead atoms. The van der Waals surface area contributed by atoms with Gasteiger partial charge in [-0.05, 0) is 25.0 Å². The summed E-state index contributed by atoms with van der Waals surface area (Å²) in [5.41, 5.74) is 0.771. The maximum absolute atomic E-state index is 14.9. The number of halogens is 1. The van der Waals surface area contributed by atoms with Crippen LogP contribution in [0.15, 0.2) is 18.3 Å². The summed E-state index contributed by atoms with van der Waals surface area (Å²) >= 11 is 0. The number of nitrogens with zero attached hydrogens (tertiary/aromatic N) is 4. The number of piperidine rings is 1. The summed E-state index contributed by atoms with van der Waals surface area (Å²) in [5, 5.41) is 4.54. The first kappa shape index (κ1) is 27.2. The van der Waals surface area contributed by atoms with Gasteiger partial charge in [0, 0.05) is 26.3 Å². The topological polar surface area (TPSA) is 105 Å². The highest BCUT2D eigenvalue weighted by Gasteiger charge is 2.45. The van der Waals surface area contributed by atoms with Crippen molar-refractivity contribution in [2.45, 2.75) is 57.3 Å². The quantitative estimate of drug-likeness (QED) is 0.274. The van der Waals surface area contributed by atoms with Crippen LogP contribution in [0.2, 0.25) is 25.7 Å². The van der Waals surface area contributed by atoms with Crippen molar-refractivity contribution < 1.29 is 32.9 Å². The highest BCUT2D eigenvalue weighted by atomic mass is 28.3. The summed E-state index contributed by atoms with van der Waals surface area (Å²) < 4.78 is 38.1. The summed E-state index contributed by atoms with van der Waals surface area (Å²) in [5.74, 6) is -1.15. The van der Waals surface area contributed by atoms with Gasteiger partial charge in [-0.1, -0.05) is 19.6 Å². The Kier molecular flexibility index (Phi) is 8.29. The lowest BCUT2D eigenvalue weighted by atomic mass is 9.84. The van der Waals surface area contributed by atoms with Gasteiger partial charge >= 0.3 is 5.97 Å². The standard InChI is InChI=1S/C25H35FN4O6Si/c1-33-23-10-19(20(26)12-27-23)22-11-21(28-29(22)15-35-6-7-37(3,4)5)24(31)30-17-8-16(25(32)34-2)9-18(30)14-36-13-17/h10-12,16-18H,6-9,13-15H2,1-5H3. The zero-order valence-electron chi connectivity index (χ0n) is 22.0. The van der Waals surface area contributed by atoms with Crippen molar-refractivity contribution in [2.75, 3.05) is 34.0 Å². The molecule has 0 saturated carbocycles. The first-order valence-corrected chi connectivity index (χ1v) is 16.2. The Hall–Kier alpha value is -2.83. The number of pyridine rings is 1. The first-order valence-electron chi connectivity index (χ1n) is 12.4. The molecule has 2 aliphatic heterocycles. The van der Waals surface area contributed by atoms with Crippen molar-refractivity contribution in [3.63, 3.8) is 0 Å². The largest absolute Gasteiger partial charge is 0.481 e. The molecular formula is C25H35FN4O6Si. The number of hydrogen-bond acceptors (Lipinski definition) is 8. The first-order chi connectivity index (χ1) is 17.6. The monoisotopic (exact) mass is 534 g/mol. The van der Waals surface area contributed by atoms with Gasteiger partial charge in [0.15, 0.2) is 11.5 Å². The third-order valence-electron chi connectivity index (χ3n) is 6.81. The molecule has 2 aliphatic rings. The summed E-state index contributed by atoms with van der Waals surface area (Å²) in [6.07, 6.45) is 2.00. The third-order valence-corrected chi connectivity index (χ3v) is 8.52. The molecule has 0 radical (unpaired) electrons. The van der Waals surface area contributed by atoms with Crippen LogP contribution in [0.3, 0.4) is 0 Å². The van der Waals surface area contributed by atoms with Crippen molar-refractivity contribution >= 4 is 20.0 Å². The summed E-state index contributed by atoms with van der Waals surface area (Å²) in [6.45, 7) is 8.05. The maximum atomic E-state index is 14.9. The van der Waals surface area contributed by atoms with Crippen LogP contribution in [0.1, 0.15) is 23.3 Å². The molecule has 37 heavy (non-hydrogen) atoms. The minimum atomic E-state index is -1.30. The Balaban J connectivity index is 1.63. The highest BCUT2D eigenvalue weighted by molar-refractivity contribution is 6.76. The Morgan fingerprint density at radius 3 is 2.49 bits per heavy atom. The molecule has 2 atom stereocenters. The highest BCUT2D eigenvalue weighted by Crippen LogP contribution is 2.34. The molecule has 10 nitrogen and oxygen atoms in total. The number of hydrogen-bond donors (Lipinski definition) is 0. The fourth-order valence-electron chi connectivity index (χ4n) is 4.83. The molecule has 0 aliphatic carbocycles. The third kappa shape index (κ3) is 6.19. The molecular weight excluding hydrogens is 499 g/mol. The average molecular weight is 535 g/mol. The van der Waals surface area contributed by atoms with Gasteiger partial charge in [0.2, 0.25) is 5.88 Å². The van der Waals surface area contributed by atoms with E-state index in [4.69, 9.17) is 18.9 Å². The number of amides is 1. The van der Waals surface area contributed by atoms with Crippen molar-refractivity contribution in [1.82, 2.24) is 19.7 Å². The Morgan fingerprint density at radius 1 is 1.16 bits per heavy atom. The molecule has 2 unspecified atom stereocenters. The van der Waals surface area contributed by atoms with E-state index in [0.717, 1.165) is 12.2 Å². The predicted octanol–water partition coefficient (Wildman–Crippen LogP) is 3.20. The number of carbonyl (C=O) groups is 2. The fourth-order valence-corrected chi connectivity index (χ4v) is 5.59. The molecule has 2 fully saturated rings. The molecule has 0 N–H and O–H groups in total. The molecule has 2 aromatic heterocycles. The number of ether oxygens (including phenoxy) is 4. The summed E-state index contributed by atoms with van der Waals surface area (Å²) in [6, 6.07) is 3.46. The number of esters is 1. The predicted molar refractivity (Wildman–Crippen MR) is 135 cm³/mol. The lowest BCUT2D eigenvalue weighted by molar-refractivity contribution is -0.152. The molecule has 0 spiro atoms. The van der Waals surface area contributed by atoms with Gasteiger partial charge in [-0.2, -0.15) is 5.10 Å². The molecule has 2 aromatic rings. The normalized spacial score (nSPS) is 21.6. The van der Waals surface area contributed by atoms with Gasteiger partial charge < -0.3 is 23.8 Å². The van der Waals surface area contributed by atoms with Crippen LogP contribution in [0, 0.1) is 11.7 Å². The van der Waals surface area contributed by atoms with E-state index in [0.29, 0.717) is 38.4 Å². The Labute approximate surface area is 217 Å². The van der Waals surface area contributed by atoms with Gasteiger partial charge in [-0.15, -0.1) is 0 Å². The summed E-state index contributed by atoms with van der Waals surface area (Å²) in [7, 11) is 1.52. The van der Waals surface area contributed by atoms with E-state index in [9.17, 15) is 14.0 Å². The molecule has 4 heterocycles. The van der Waals surface area contributed by atoms with Crippen LogP contribution in [0.5, 0.6) is 5.88 Å². The van der Waals surface area contributed by atoms with Crippen LogP contribution in [0.4, 0.5) is 4.39 Å². The van der Waals surface area contributed by atoms with E-state index in [1.165, 1.54) is 25.0 Å². The number of rotatable bonds is 9. The zero-order valence-corrected chi connectivity index (χ0v) is 23.0. The molecule has 4 rings (SSSR count). The van der Waals surface area contributed by atoms with Crippen LogP contribution in [0.25, 0.3) is 11.3 Å². The second-order valence-electron chi connectivity index (χ2n) is 10.7. The van der Waals surface area contributed by atoms with Crippen LogP contribution < -0.4 is 4.74 Å². The van der Waals surface area contributed by atoms with Gasteiger partial charge in [0.1, 0.15) is 6.73 Å². The zero-order chi connectivity index (χ0) is 26.7. The maximum Gasteiger partial charge on any atom is 0.308 e. The van der Waals surface area contributed by atoms with Crippen LogP contribution in [-0.2, 0) is 25.7 Å². The number of carbonyl (C=O) groups excluding carboxylic acids is 2. The van der Waals surface area contributed by atoms with Crippen molar-refractivity contribution in [1.29, 1.82) is 0 Å². The number of morpholine rings is 1. The second kappa shape index (κ2) is 11.3. The van der Waals surface area contributed by atoms with E-state index in [1.54, 1.807) is 11.0 Å². The molecule has 1 amide bonds. The average Bonchev–Trinajstić information content (AvgIpc) is 3.28. The Morgan fingerprint density at radius 2 is 1.86 bits per heavy atom. The van der Waals surface area contributed by atoms with Crippen molar-refractivity contribution in [3.05, 3.63) is 29.8 Å². The minimum Gasteiger partial charge on any atom is -0.481 e. The van der Waals surface area contributed by atoms with Crippen LogP contribution >= 0.6 is 0 Å². The molecule has 12 heteroatoms. The van der Waals surface area contributed by atoms with Gasteiger partial charge in [-0.25, -0.2) is 14.1 Å². The van der Waals surface area contributed by atoms with Gasteiger partial charge in [-0.3, -0.25) is 9.59 Å². The lowest BCUT2D eigenvalue weighted by Crippen LogP contribution is -2.60. The van der Waals surface area contributed by atoms with Crippen molar-refractivity contribution in [2.24, 2.45) is 5.92 Å². The molecule has 0 aromatic carbocycles. The fraction of sp³-hybridized carbons (Fsp3) is 0.600. The molecule has 202 valence electrons. The minimum absolute atomic E-state index is 0.0670. The summed E-state index contributed by atoms with van der Waals surface area (Å²) in [4.78, 5) is 31.6. The van der Waals surface area contributed by atoms with E-state index >= 15 is 0 Å². The van der Waals surface area contributed by atoms with Gasteiger partial charge in [0.25, 0.3) is 5.91 Å². The smallest absolute Gasteiger partial charge is 0.308 e. The number of methoxy groups -OCH3 is 2. The Bertz CT molecular complexity index is 1120. The van der Waals surface area contributed by atoms with E-state index < -0.39 is 13.9 Å².